The van der Waals surface area contributed by atoms with Crippen LogP contribution in [-0.4, -0.2) is 18.8 Å². The van der Waals surface area contributed by atoms with Crippen LogP contribution in [0.25, 0.3) is 0 Å². The number of halogens is 1. The summed E-state index contributed by atoms with van der Waals surface area (Å²) in [6.07, 6.45) is -0.302. The molecule has 2 aromatic rings. The second-order valence-corrected chi connectivity index (χ2v) is 4.69. The zero-order valence-electron chi connectivity index (χ0n) is 11.1. The van der Waals surface area contributed by atoms with E-state index in [-0.39, 0.29) is 5.56 Å². The van der Waals surface area contributed by atoms with Crippen LogP contribution in [0.5, 0.6) is 11.5 Å². The van der Waals surface area contributed by atoms with E-state index in [0.29, 0.717) is 23.7 Å². The SMILES string of the molecule is COc1cccc(F)c1C(O)c1cccc2c1OCC2. The van der Waals surface area contributed by atoms with E-state index in [4.69, 9.17) is 9.47 Å². The number of aliphatic hydroxyl groups is 1. The minimum absolute atomic E-state index is 0.138. The van der Waals surface area contributed by atoms with E-state index in [0.717, 1.165) is 12.0 Å². The van der Waals surface area contributed by atoms with Gasteiger partial charge in [0.1, 0.15) is 23.4 Å². The van der Waals surface area contributed by atoms with E-state index >= 15 is 0 Å². The lowest BCUT2D eigenvalue weighted by molar-refractivity contribution is 0.203. The van der Waals surface area contributed by atoms with Gasteiger partial charge in [0, 0.05) is 12.0 Å². The topological polar surface area (TPSA) is 38.7 Å². The van der Waals surface area contributed by atoms with Crippen molar-refractivity contribution in [2.75, 3.05) is 13.7 Å². The molecule has 3 rings (SSSR count). The normalized spacial score (nSPS) is 14.6. The Labute approximate surface area is 116 Å². The first kappa shape index (κ1) is 12.9. The van der Waals surface area contributed by atoms with Crippen molar-refractivity contribution in [3.63, 3.8) is 0 Å². The van der Waals surface area contributed by atoms with Crippen LogP contribution in [0, 0.1) is 5.82 Å². The van der Waals surface area contributed by atoms with Crippen molar-refractivity contribution in [2.45, 2.75) is 12.5 Å². The molecule has 3 nitrogen and oxygen atoms in total. The van der Waals surface area contributed by atoms with Crippen LogP contribution >= 0.6 is 0 Å². The van der Waals surface area contributed by atoms with Gasteiger partial charge in [0.15, 0.2) is 0 Å². The van der Waals surface area contributed by atoms with E-state index in [1.165, 1.54) is 13.2 Å². The molecule has 1 unspecified atom stereocenters. The fraction of sp³-hybridized carbons (Fsp3) is 0.250. The van der Waals surface area contributed by atoms with Crippen LogP contribution in [-0.2, 0) is 6.42 Å². The molecule has 0 radical (unpaired) electrons. The average molecular weight is 274 g/mol. The third-order valence-electron chi connectivity index (χ3n) is 3.55. The van der Waals surface area contributed by atoms with Crippen LogP contribution < -0.4 is 9.47 Å². The highest BCUT2D eigenvalue weighted by molar-refractivity contribution is 5.50. The van der Waals surface area contributed by atoms with Gasteiger partial charge in [-0.15, -0.1) is 0 Å². The maximum absolute atomic E-state index is 14.0. The lowest BCUT2D eigenvalue weighted by Crippen LogP contribution is -2.06. The first-order valence-electron chi connectivity index (χ1n) is 6.47. The Hall–Kier alpha value is -2.07. The molecule has 0 saturated carbocycles. The van der Waals surface area contributed by atoms with Gasteiger partial charge in [-0.2, -0.15) is 0 Å². The number of fused-ring (bicyclic) bond motifs is 1. The predicted molar refractivity (Wildman–Crippen MR) is 72.7 cm³/mol. The molecule has 1 aliphatic rings. The number of para-hydroxylation sites is 1. The number of methoxy groups -OCH3 is 1. The first-order chi connectivity index (χ1) is 9.72. The van der Waals surface area contributed by atoms with E-state index in [1.54, 1.807) is 18.2 Å². The summed E-state index contributed by atoms with van der Waals surface area (Å²) in [5.41, 5.74) is 1.75. The molecule has 0 spiro atoms. The molecule has 104 valence electrons. The van der Waals surface area contributed by atoms with Crippen LogP contribution in [0.2, 0.25) is 0 Å². The smallest absolute Gasteiger partial charge is 0.133 e. The summed E-state index contributed by atoms with van der Waals surface area (Å²) in [4.78, 5) is 0. The van der Waals surface area contributed by atoms with Crippen molar-refractivity contribution >= 4 is 0 Å². The molecule has 0 aromatic heterocycles. The lowest BCUT2D eigenvalue weighted by atomic mass is 9.97. The number of benzene rings is 2. The Bertz CT molecular complexity index is 640. The maximum atomic E-state index is 14.0. The third kappa shape index (κ3) is 2.02. The fourth-order valence-electron chi connectivity index (χ4n) is 2.57. The molecule has 1 heterocycles. The Morgan fingerprint density at radius 1 is 1.25 bits per heavy atom. The van der Waals surface area contributed by atoms with Crippen molar-refractivity contribution in [1.82, 2.24) is 0 Å². The molecule has 1 aliphatic heterocycles. The third-order valence-corrected chi connectivity index (χ3v) is 3.55. The first-order valence-corrected chi connectivity index (χ1v) is 6.47. The maximum Gasteiger partial charge on any atom is 0.133 e. The molecule has 2 aromatic carbocycles. The van der Waals surface area contributed by atoms with Gasteiger partial charge in [0.05, 0.1) is 19.3 Å². The summed E-state index contributed by atoms with van der Waals surface area (Å²) in [5.74, 6) is 0.492. The largest absolute Gasteiger partial charge is 0.496 e. The van der Waals surface area contributed by atoms with Crippen LogP contribution in [0.15, 0.2) is 36.4 Å². The lowest BCUT2D eigenvalue weighted by Gasteiger charge is -2.18. The monoisotopic (exact) mass is 274 g/mol. The van der Waals surface area contributed by atoms with Gasteiger partial charge >= 0.3 is 0 Å². The minimum atomic E-state index is -1.11. The zero-order chi connectivity index (χ0) is 14.1. The van der Waals surface area contributed by atoms with Crippen LogP contribution in [0.4, 0.5) is 4.39 Å². The summed E-state index contributed by atoms with van der Waals surface area (Å²) in [6, 6.07) is 10.0. The Morgan fingerprint density at radius 2 is 2.05 bits per heavy atom. The molecular weight excluding hydrogens is 259 g/mol. The van der Waals surface area contributed by atoms with Crippen molar-refractivity contribution in [2.24, 2.45) is 0 Å². The van der Waals surface area contributed by atoms with E-state index in [9.17, 15) is 9.50 Å². The van der Waals surface area contributed by atoms with Gasteiger partial charge in [-0.25, -0.2) is 4.39 Å². The number of aliphatic hydroxyl groups excluding tert-OH is 1. The van der Waals surface area contributed by atoms with Gasteiger partial charge < -0.3 is 14.6 Å². The highest BCUT2D eigenvalue weighted by Crippen LogP contribution is 2.39. The molecule has 1 atom stereocenters. The highest BCUT2D eigenvalue weighted by Gasteiger charge is 2.26. The Kier molecular flexibility index (Phi) is 3.32. The quantitative estimate of drug-likeness (QED) is 0.935. The molecule has 1 N–H and O–H groups in total. The highest BCUT2D eigenvalue weighted by atomic mass is 19.1. The van der Waals surface area contributed by atoms with E-state index < -0.39 is 11.9 Å². The van der Waals surface area contributed by atoms with Gasteiger partial charge in [-0.1, -0.05) is 24.3 Å². The molecule has 0 saturated heterocycles. The minimum Gasteiger partial charge on any atom is -0.496 e. The standard InChI is InChI=1S/C16H15FO3/c1-19-13-7-3-6-12(17)14(13)15(18)11-5-2-4-10-8-9-20-16(10)11/h2-7,15,18H,8-9H2,1H3. The molecule has 4 heteroatoms. The van der Waals surface area contributed by atoms with E-state index in [1.807, 2.05) is 12.1 Å². The van der Waals surface area contributed by atoms with E-state index in [2.05, 4.69) is 0 Å². The van der Waals surface area contributed by atoms with Gasteiger partial charge in [0.2, 0.25) is 0 Å². The molecule has 0 fully saturated rings. The molecule has 0 aliphatic carbocycles. The van der Waals surface area contributed by atoms with Gasteiger partial charge in [-0.3, -0.25) is 0 Å². The fourth-order valence-corrected chi connectivity index (χ4v) is 2.57. The molecule has 0 bridgehead atoms. The molecule has 20 heavy (non-hydrogen) atoms. The average Bonchev–Trinajstić information content (AvgIpc) is 2.94. The zero-order valence-corrected chi connectivity index (χ0v) is 11.1. The van der Waals surface area contributed by atoms with Crippen molar-refractivity contribution in [1.29, 1.82) is 0 Å². The van der Waals surface area contributed by atoms with Crippen LogP contribution in [0.1, 0.15) is 22.8 Å². The summed E-state index contributed by atoms with van der Waals surface area (Å²) >= 11 is 0. The summed E-state index contributed by atoms with van der Waals surface area (Å²) in [7, 11) is 1.46. The molecular formula is C16H15FO3. The van der Waals surface area contributed by atoms with Gasteiger partial charge in [0.25, 0.3) is 0 Å². The van der Waals surface area contributed by atoms with Crippen molar-refractivity contribution < 1.29 is 19.0 Å². The number of ether oxygens (including phenoxy) is 2. The number of hydrogen-bond donors (Lipinski definition) is 1. The van der Waals surface area contributed by atoms with Crippen molar-refractivity contribution in [3.8, 4) is 11.5 Å². The Morgan fingerprint density at radius 3 is 2.85 bits per heavy atom. The Balaban J connectivity index is 2.10. The van der Waals surface area contributed by atoms with Crippen molar-refractivity contribution in [3.05, 3.63) is 58.9 Å². The second kappa shape index (κ2) is 5.13. The summed E-state index contributed by atoms with van der Waals surface area (Å²) < 4.78 is 24.8. The van der Waals surface area contributed by atoms with Crippen LogP contribution in [0.3, 0.4) is 0 Å². The molecule has 0 amide bonds. The van der Waals surface area contributed by atoms with Gasteiger partial charge in [-0.05, 0) is 17.7 Å². The summed E-state index contributed by atoms with van der Waals surface area (Å²) in [5, 5.41) is 10.5. The summed E-state index contributed by atoms with van der Waals surface area (Å²) in [6.45, 7) is 0.591. The second-order valence-electron chi connectivity index (χ2n) is 4.69. The number of rotatable bonds is 3. The predicted octanol–water partition coefficient (Wildman–Crippen LogP) is 2.85. The number of hydrogen-bond acceptors (Lipinski definition) is 3.